The quantitative estimate of drug-likeness (QED) is 0.486. The minimum atomic E-state index is 0.109. The van der Waals surface area contributed by atoms with E-state index in [0.717, 1.165) is 31.5 Å². The first-order chi connectivity index (χ1) is 11.4. The van der Waals surface area contributed by atoms with Crippen molar-refractivity contribution in [1.82, 2.24) is 15.1 Å². The lowest BCUT2D eigenvalue weighted by molar-refractivity contribution is 0.196. The second-order valence-electron chi connectivity index (χ2n) is 7.33. The molecular formula is C19H32N4S. The molecule has 1 atom stereocenters. The first-order valence-electron chi connectivity index (χ1n) is 8.73. The molecule has 0 spiro atoms. The highest BCUT2D eigenvalue weighted by molar-refractivity contribution is 7.99. The minimum Gasteiger partial charge on any atom is -0.354 e. The monoisotopic (exact) mass is 348 g/mol. The van der Waals surface area contributed by atoms with Crippen LogP contribution in [0.5, 0.6) is 0 Å². The van der Waals surface area contributed by atoms with E-state index in [4.69, 9.17) is 0 Å². The number of hydrogen-bond acceptors (Lipinski definition) is 3. The Bertz CT molecular complexity index is 527. The van der Waals surface area contributed by atoms with Crippen LogP contribution in [0.3, 0.4) is 0 Å². The maximum absolute atomic E-state index is 4.49. The van der Waals surface area contributed by atoms with E-state index < -0.39 is 0 Å². The van der Waals surface area contributed by atoms with E-state index in [1.807, 2.05) is 18.8 Å². The Hall–Kier alpha value is -1.20. The van der Waals surface area contributed by atoms with Gasteiger partial charge in [-0.25, -0.2) is 0 Å². The third kappa shape index (κ3) is 5.42. The van der Waals surface area contributed by atoms with Gasteiger partial charge in [0.05, 0.1) is 0 Å². The van der Waals surface area contributed by atoms with E-state index in [1.165, 1.54) is 17.1 Å². The van der Waals surface area contributed by atoms with Crippen LogP contribution in [0.25, 0.3) is 0 Å². The summed E-state index contributed by atoms with van der Waals surface area (Å²) in [5.41, 5.74) is 0.109. The number of guanidine groups is 1. The van der Waals surface area contributed by atoms with E-state index in [2.05, 4.69) is 78.4 Å². The van der Waals surface area contributed by atoms with Gasteiger partial charge in [-0.2, -0.15) is 0 Å². The van der Waals surface area contributed by atoms with Crippen LogP contribution < -0.4 is 5.32 Å². The Balaban J connectivity index is 1.80. The molecule has 1 fully saturated rings. The zero-order valence-corrected chi connectivity index (χ0v) is 16.6. The number of aliphatic imine (C=N–C) groups is 1. The molecule has 0 saturated carbocycles. The number of nitrogens with one attached hydrogen (secondary N) is 1. The van der Waals surface area contributed by atoms with Crippen LogP contribution >= 0.6 is 11.8 Å². The van der Waals surface area contributed by atoms with Crippen LogP contribution in [-0.4, -0.2) is 67.8 Å². The molecule has 1 unspecified atom stereocenters. The Kier molecular flexibility index (Phi) is 6.99. The average Bonchev–Trinajstić information content (AvgIpc) is 3.03. The van der Waals surface area contributed by atoms with Gasteiger partial charge in [-0.3, -0.25) is 4.99 Å². The first-order valence-corrected chi connectivity index (χ1v) is 9.72. The van der Waals surface area contributed by atoms with Gasteiger partial charge in [0, 0.05) is 42.9 Å². The number of nitrogens with zero attached hydrogens (tertiary/aromatic N) is 3. The second-order valence-corrected chi connectivity index (χ2v) is 8.43. The topological polar surface area (TPSA) is 30.9 Å². The van der Waals surface area contributed by atoms with Gasteiger partial charge in [-0.1, -0.05) is 18.2 Å². The van der Waals surface area contributed by atoms with Crippen molar-refractivity contribution in [3.63, 3.8) is 0 Å². The van der Waals surface area contributed by atoms with Crippen LogP contribution in [0.15, 0.2) is 40.2 Å². The van der Waals surface area contributed by atoms with Gasteiger partial charge in [0.2, 0.25) is 0 Å². The zero-order valence-electron chi connectivity index (χ0n) is 15.7. The fraction of sp³-hybridized carbons (Fsp3) is 0.632. The lowest BCUT2D eigenvalue weighted by Crippen LogP contribution is -2.51. The molecule has 1 N–H and O–H groups in total. The van der Waals surface area contributed by atoms with E-state index in [0.29, 0.717) is 0 Å². The molecule has 24 heavy (non-hydrogen) atoms. The summed E-state index contributed by atoms with van der Waals surface area (Å²) in [4.78, 5) is 10.5. The SMILES string of the molecule is CN=C(NCC(C)(C)N(C)C)N1CCC(CSc2ccccc2)C1. The summed E-state index contributed by atoms with van der Waals surface area (Å²) in [7, 11) is 6.13. The first kappa shape index (κ1) is 19.1. The van der Waals surface area contributed by atoms with Crippen LogP contribution in [0.1, 0.15) is 20.3 Å². The standard InChI is InChI=1S/C19H32N4S/c1-19(2,22(4)5)15-21-18(20-3)23-12-11-16(13-23)14-24-17-9-7-6-8-10-17/h6-10,16H,11-15H2,1-5H3,(H,20,21). The largest absolute Gasteiger partial charge is 0.354 e. The normalized spacial score (nSPS) is 19.2. The van der Waals surface area contributed by atoms with Crippen molar-refractivity contribution in [2.75, 3.05) is 46.5 Å². The third-order valence-electron chi connectivity index (χ3n) is 4.92. The highest BCUT2D eigenvalue weighted by Crippen LogP contribution is 2.25. The molecule has 2 rings (SSSR count). The van der Waals surface area contributed by atoms with Crippen molar-refractivity contribution >= 4 is 17.7 Å². The van der Waals surface area contributed by atoms with Crippen molar-refractivity contribution in [3.05, 3.63) is 30.3 Å². The van der Waals surface area contributed by atoms with Gasteiger partial charge in [-0.05, 0) is 52.4 Å². The summed E-state index contributed by atoms with van der Waals surface area (Å²) in [5.74, 6) is 2.95. The van der Waals surface area contributed by atoms with Crippen molar-refractivity contribution in [1.29, 1.82) is 0 Å². The lowest BCUT2D eigenvalue weighted by atomic mass is 10.0. The molecule has 5 heteroatoms. The van der Waals surface area contributed by atoms with Crippen molar-refractivity contribution in [3.8, 4) is 0 Å². The van der Waals surface area contributed by atoms with Gasteiger partial charge in [-0.15, -0.1) is 11.8 Å². The van der Waals surface area contributed by atoms with Gasteiger partial charge in [0.25, 0.3) is 0 Å². The van der Waals surface area contributed by atoms with Crippen molar-refractivity contribution in [2.45, 2.75) is 30.7 Å². The number of benzene rings is 1. The molecule has 1 heterocycles. The molecule has 0 amide bonds. The summed E-state index contributed by atoms with van der Waals surface area (Å²) in [6, 6.07) is 10.7. The smallest absolute Gasteiger partial charge is 0.193 e. The van der Waals surface area contributed by atoms with Gasteiger partial charge < -0.3 is 15.1 Å². The Labute approximate surface area is 151 Å². The number of likely N-dealkylation sites (tertiary alicyclic amines) is 1. The fourth-order valence-electron chi connectivity index (χ4n) is 2.68. The molecule has 1 aliphatic rings. The Morgan fingerprint density at radius 3 is 2.67 bits per heavy atom. The number of hydrogen-bond donors (Lipinski definition) is 1. The van der Waals surface area contributed by atoms with Crippen molar-refractivity contribution in [2.24, 2.45) is 10.9 Å². The second kappa shape index (κ2) is 8.77. The van der Waals surface area contributed by atoms with E-state index in [-0.39, 0.29) is 5.54 Å². The van der Waals surface area contributed by atoms with Crippen LogP contribution in [0.4, 0.5) is 0 Å². The molecule has 0 radical (unpaired) electrons. The molecule has 1 aromatic carbocycles. The maximum atomic E-state index is 4.49. The maximum Gasteiger partial charge on any atom is 0.193 e. The molecular weight excluding hydrogens is 316 g/mol. The van der Waals surface area contributed by atoms with E-state index in [1.54, 1.807) is 0 Å². The highest BCUT2D eigenvalue weighted by Gasteiger charge is 2.27. The number of likely N-dealkylation sites (N-methyl/N-ethyl adjacent to an activating group) is 1. The Morgan fingerprint density at radius 2 is 2.04 bits per heavy atom. The summed E-state index contributed by atoms with van der Waals surface area (Å²) in [6.07, 6.45) is 1.25. The van der Waals surface area contributed by atoms with Gasteiger partial charge in [0.1, 0.15) is 0 Å². The molecule has 1 saturated heterocycles. The van der Waals surface area contributed by atoms with E-state index >= 15 is 0 Å². The van der Waals surface area contributed by atoms with Gasteiger partial charge in [0.15, 0.2) is 5.96 Å². The molecule has 0 bridgehead atoms. The van der Waals surface area contributed by atoms with Crippen LogP contribution in [0, 0.1) is 5.92 Å². The summed E-state index contributed by atoms with van der Waals surface area (Å²) < 4.78 is 0. The molecule has 134 valence electrons. The number of rotatable bonds is 6. The predicted molar refractivity (Wildman–Crippen MR) is 106 cm³/mol. The highest BCUT2D eigenvalue weighted by atomic mass is 32.2. The summed E-state index contributed by atoms with van der Waals surface area (Å²) in [6.45, 7) is 7.59. The van der Waals surface area contributed by atoms with E-state index in [9.17, 15) is 0 Å². The van der Waals surface area contributed by atoms with Crippen LogP contribution in [-0.2, 0) is 0 Å². The lowest BCUT2D eigenvalue weighted by Gasteiger charge is -2.34. The van der Waals surface area contributed by atoms with Crippen molar-refractivity contribution < 1.29 is 0 Å². The fourth-order valence-corrected chi connectivity index (χ4v) is 3.73. The minimum absolute atomic E-state index is 0.109. The zero-order chi connectivity index (χ0) is 17.6. The molecule has 1 aliphatic heterocycles. The summed E-state index contributed by atoms with van der Waals surface area (Å²) >= 11 is 1.97. The Morgan fingerprint density at radius 1 is 1.33 bits per heavy atom. The third-order valence-corrected chi connectivity index (χ3v) is 6.16. The summed E-state index contributed by atoms with van der Waals surface area (Å²) in [5, 5.41) is 3.55. The predicted octanol–water partition coefficient (Wildman–Crippen LogP) is 3.02. The molecule has 0 aliphatic carbocycles. The molecule has 1 aromatic rings. The van der Waals surface area contributed by atoms with Gasteiger partial charge >= 0.3 is 0 Å². The number of thioether (sulfide) groups is 1. The molecule has 4 nitrogen and oxygen atoms in total. The van der Waals surface area contributed by atoms with Crippen LogP contribution in [0.2, 0.25) is 0 Å². The average molecular weight is 349 g/mol. The molecule has 0 aromatic heterocycles.